The van der Waals surface area contributed by atoms with E-state index >= 15 is 0 Å². The number of halogens is 1. The molecule has 2 aromatic rings. The van der Waals surface area contributed by atoms with Crippen LogP contribution in [0.25, 0.3) is 0 Å². The molecule has 0 atom stereocenters. The van der Waals surface area contributed by atoms with E-state index in [4.69, 9.17) is 9.59 Å². The van der Waals surface area contributed by atoms with Crippen LogP contribution in [0.1, 0.15) is 28.4 Å². The zero-order valence-electron chi connectivity index (χ0n) is 16.7. The highest BCUT2D eigenvalue weighted by atomic mass is 19.1. The van der Waals surface area contributed by atoms with Crippen LogP contribution in [0, 0.1) is 19.7 Å². The van der Waals surface area contributed by atoms with E-state index in [2.05, 4.69) is 0 Å². The summed E-state index contributed by atoms with van der Waals surface area (Å²) >= 11 is 0. The normalized spacial score (nSPS) is 12.9. The van der Waals surface area contributed by atoms with Gasteiger partial charge < -0.3 is 19.4 Å². The lowest BCUT2D eigenvalue weighted by Crippen LogP contribution is -2.49. The van der Waals surface area contributed by atoms with Crippen LogP contribution in [0.3, 0.4) is 0 Å². The zero-order chi connectivity index (χ0) is 21.1. The van der Waals surface area contributed by atoms with E-state index in [1.165, 1.54) is 13.0 Å². The molecule has 0 unspecified atom stereocenters. The second-order valence-electron chi connectivity index (χ2n) is 6.28. The SMILES string of the molecule is C=O.CC=O.Cc1ccc(C)c(C(=O)N2CCN(c3ccccc3F)CC2)c1. The van der Waals surface area contributed by atoms with Crippen LogP contribution in [0.5, 0.6) is 0 Å². The lowest BCUT2D eigenvalue weighted by atomic mass is 10.0. The van der Waals surface area contributed by atoms with E-state index in [1.807, 2.05) is 54.7 Å². The quantitative estimate of drug-likeness (QED) is 0.742. The number of amides is 1. The largest absolute Gasteiger partial charge is 0.366 e. The predicted octanol–water partition coefficient (Wildman–Crippen LogP) is 3.43. The van der Waals surface area contributed by atoms with E-state index < -0.39 is 0 Å². The van der Waals surface area contributed by atoms with Crippen LogP contribution < -0.4 is 4.90 Å². The molecule has 1 amide bonds. The Kier molecular flexibility index (Phi) is 9.57. The van der Waals surface area contributed by atoms with Gasteiger partial charge in [-0.1, -0.05) is 29.8 Å². The zero-order valence-corrected chi connectivity index (χ0v) is 16.7. The van der Waals surface area contributed by atoms with E-state index in [0.29, 0.717) is 31.9 Å². The Morgan fingerprint density at radius 3 is 2.18 bits per heavy atom. The first-order chi connectivity index (χ1) is 13.5. The standard InChI is InChI=1S/C19H21FN2O.C2H4O.CH2O/c1-14-7-8-15(2)16(13-14)19(23)22-11-9-21(10-12-22)18-6-4-3-5-17(18)20;1-2-3;1-2/h3-8,13H,9-12H2,1-2H3;2H,1H3;1H2. The second kappa shape index (κ2) is 11.6. The summed E-state index contributed by atoms with van der Waals surface area (Å²) < 4.78 is 13.9. The van der Waals surface area contributed by atoms with Crippen molar-refractivity contribution in [3.63, 3.8) is 0 Å². The van der Waals surface area contributed by atoms with Crippen molar-refractivity contribution in [1.29, 1.82) is 0 Å². The Bertz CT molecular complexity index is 787. The molecular weight excluding hydrogens is 359 g/mol. The number of carbonyl (C=O) groups excluding carboxylic acids is 3. The van der Waals surface area contributed by atoms with Crippen LogP contribution in [0.15, 0.2) is 42.5 Å². The van der Waals surface area contributed by atoms with Gasteiger partial charge in [0, 0.05) is 31.7 Å². The van der Waals surface area contributed by atoms with E-state index in [0.717, 1.165) is 23.0 Å². The van der Waals surface area contributed by atoms with Gasteiger partial charge in [0.15, 0.2) is 0 Å². The number of aldehydes is 1. The molecule has 5 nitrogen and oxygen atoms in total. The number of piperazine rings is 1. The van der Waals surface area contributed by atoms with Gasteiger partial charge in [-0.25, -0.2) is 4.39 Å². The summed E-state index contributed by atoms with van der Waals surface area (Å²) in [7, 11) is 0. The topological polar surface area (TPSA) is 57.7 Å². The van der Waals surface area contributed by atoms with Gasteiger partial charge in [0.05, 0.1) is 5.69 Å². The van der Waals surface area contributed by atoms with E-state index in [1.54, 1.807) is 12.1 Å². The van der Waals surface area contributed by atoms with E-state index in [9.17, 15) is 9.18 Å². The van der Waals surface area contributed by atoms with Crippen LogP contribution in [-0.2, 0) is 9.59 Å². The molecule has 1 fully saturated rings. The molecule has 150 valence electrons. The number of anilines is 1. The number of hydrogen-bond donors (Lipinski definition) is 0. The van der Waals surface area contributed by atoms with Gasteiger partial charge in [-0.2, -0.15) is 0 Å². The molecule has 0 N–H and O–H groups in total. The Morgan fingerprint density at radius 2 is 1.61 bits per heavy atom. The van der Waals surface area contributed by atoms with Crippen molar-refractivity contribution in [3.05, 3.63) is 65.0 Å². The van der Waals surface area contributed by atoms with Gasteiger partial charge in [0.25, 0.3) is 5.91 Å². The van der Waals surface area contributed by atoms with Gasteiger partial charge in [-0.3, -0.25) is 4.79 Å². The molecule has 0 aromatic heterocycles. The molecular formula is C22H27FN2O3. The van der Waals surface area contributed by atoms with Crippen molar-refractivity contribution in [2.45, 2.75) is 20.8 Å². The first kappa shape index (κ1) is 23.0. The van der Waals surface area contributed by atoms with Crippen LogP contribution in [-0.4, -0.2) is 50.1 Å². The molecule has 0 saturated carbocycles. The maximum Gasteiger partial charge on any atom is 0.254 e. The Hall–Kier alpha value is -3.02. The molecule has 1 aliphatic rings. The molecule has 2 aromatic carbocycles. The van der Waals surface area contributed by atoms with Crippen molar-refractivity contribution in [2.75, 3.05) is 31.1 Å². The molecule has 1 heterocycles. The minimum absolute atomic E-state index is 0.0689. The fourth-order valence-corrected chi connectivity index (χ4v) is 3.00. The summed E-state index contributed by atoms with van der Waals surface area (Å²) in [6.45, 7) is 9.92. The average molecular weight is 386 g/mol. The number of hydrogen-bond acceptors (Lipinski definition) is 4. The van der Waals surface area contributed by atoms with Gasteiger partial charge in [-0.15, -0.1) is 0 Å². The maximum absolute atomic E-state index is 13.9. The third-order valence-corrected chi connectivity index (χ3v) is 4.38. The number of benzene rings is 2. The minimum atomic E-state index is -0.207. The number of para-hydroxylation sites is 1. The first-order valence-electron chi connectivity index (χ1n) is 9.02. The van der Waals surface area contributed by atoms with Crippen molar-refractivity contribution >= 4 is 24.7 Å². The minimum Gasteiger partial charge on any atom is -0.366 e. The van der Waals surface area contributed by atoms with Gasteiger partial charge >= 0.3 is 0 Å². The first-order valence-corrected chi connectivity index (χ1v) is 9.02. The summed E-state index contributed by atoms with van der Waals surface area (Å²) in [4.78, 5) is 33.4. The monoisotopic (exact) mass is 386 g/mol. The smallest absolute Gasteiger partial charge is 0.254 e. The molecule has 6 heteroatoms. The lowest BCUT2D eigenvalue weighted by Gasteiger charge is -2.36. The van der Waals surface area contributed by atoms with Crippen molar-refractivity contribution in [1.82, 2.24) is 4.90 Å². The predicted molar refractivity (Wildman–Crippen MR) is 109 cm³/mol. The number of aryl methyl sites for hydroxylation is 2. The Morgan fingerprint density at radius 1 is 1.04 bits per heavy atom. The summed E-state index contributed by atoms with van der Waals surface area (Å²) in [5, 5.41) is 0. The summed E-state index contributed by atoms with van der Waals surface area (Å²) in [6, 6.07) is 12.7. The maximum atomic E-state index is 13.9. The van der Waals surface area contributed by atoms with Gasteiger partial charge in [0.1, 0.15) is 18.9 Å². The Labute approximate surface area is 165 Å². The number of rotatable bonds is 2. The fourth-order valence-electron chi connectivity index (χ4n) is 3.00. The highest BCUT2D eigenvalue weighted by Crippen LogP contribution is 2.21. The molecule has 0 bridgehead atoms. The summed E-state index contributed by atoms with van der Waals surface area (Å²) in [6.07, 6.45) is 0.750. The molecule has 1 aliphatic heterocycles. The van der Waals surface area contributed by atoms with Crippen LogP contribution >= 0.6 is 0 Å². The molecule has 0 radical (unpaired) electrons. The lowest BCUT2D eigenvalue weighted by molar-refractivity contribution is -0.106. The highest BCUT2D eigenvalue weighted by molar-refractivity contribution is 5.96. The highest BCUT2D eigenvalue weighted by Gasteiger charge is 2.24. The molecule has 1 saturated heterocycles. The average Bonchev–Trinajstić information content (AvgIpc) is 2.72. The third kappa shape index (κ3) is 6.01. The molecule has 0 spiro atoms. The number of nitrogens with zero attached hydrogens (tertiary/aromatic N) is 2. The van der Waals surface area contributed by atoms with Crippen LogP contribution in [0.4, 0.5) is 10.1 Å². The van der Waals surface area contributed by atoms with Crippen molar-refractivity contribution in [2.24, 2.45) is 0 Å². The Balaban J connectivity index is 0.000000717. The van der Waals surface area contributed by atoms with Crippen LogP contribution in [0.2, 0.25) is 0 Å². The van der Waals surface area contributed by atoms with Gasteiger partial charge in [0.2, 0.25) is 0 Å². The van der Waals surface area contributed by atoms with Crippen molar-refractivity contribution < 1.29 is 18.8 Å². The fraction of sp³-hybridized carbons (Fsp3) is 0.318. The number of carbonyl (C=O) groups is 3. The summed E-state index contributed by atoms with van der Waals surface area (Å²) in [5.41, 5.74) is 3.47. The molecule has 3 rings (SSSR count). The third-order valence-electron chi connectivity index (χ3n) is 4.38. The summed E-state index contributed by atoms with van der Waals surface area (Å²) in [5.74, 6) is -0.138. The van der Waals surface area contributed by atoms with Gasteiger partial charge in [-0.05, 0) is 44.5 Å². The molecule has 28 heavy (non-hydrogen) atoms. The van der Waals surface area contributed by atoms with E-state index in [-0.39, 0.29) is 11.7 Å². The second-order valence-corrected chi connectivity index (χ2v) is 6.28. The van der Waals surface area contributed by atoms with Crippen molar-refractivity contribution in [3.8, 4) is 0 Å². The molecule has 0 aliphatic carbocycles.